The molecule has 0 unspecified atom stereocenters. The molecule has 6 nitrogen and oxygen atoms in total. The molecule has 0 aliphatic carbocycles. The van der Waals surface area contributed by atoms with Crippen LogP contribution in [0.15, 0.2) is 36.9 Å². The van der Waals surface area contributed by atoms with Gasteiger partial charge in [0.05, 0.1) is 6.20 Å². The number of pyridine rings is 1. The Labute approximate surface area is 124 Å². The molecular weight excluding hydrogens is 266 g/mol. The third kappa shape index (κ3) is 3.75. The molecule has 0 aliphatic rings. The van der Waals surface area contributed by atoms with Crippen LogP contribution in [0.5, 0.6) is 0 Å². The van der Waals surface area contributed by atoms with Crippen LogP contribution in [0.25, 0.3) is 0 Å². The van der Waals surface area contributed by atoms with E-state index in [1.54, 1.807) is 6.20 Å². The minimum Gasteiger partial charge on any atom is -0.357 e. The number of aromatic nitrogens is 3. The Kier molecular flexibility index (Phi) is 5.20. The molecule has 0 aromatic carbocycles. The van der Waals surface area contributed by atoms with Gasteiger partial charge in [-0.25, -0.2) is 9.97 Å². The summed E-state index contributed by atoms with van der Waals surface area (Å²) < 4.78 is 0. The number of rotatable bonds is 6. The maximum atomic E-state index is 12.0. The third-order valence-electron chi connectivity index (χ3n) is 3.17. The van der Waals surface area contributed by atoms with Crippen molar-refractivity contribution in [1.29, 1.82) is 0 Å². The Balaban J connectivity index is 2.08. The molecule has 0 saturated carbocycles. The summed E-state index contributed by atoms with van der Waals surface area (Å²) in [4.78, 5) is 26.4. The third-order valence-corrected chi connectivity index (χ3v) is 3.17. The second-order valence-electron chi connectivity index (χ2n) is 4.43. The predicted octanol–water partition coefficient (Wildman–Crippen LogP) is 1.65. The first-order chi connectivity index (χ1) is 10.3. The van der Waals surface area contributed by atoms with Crippen molar-refractivity contribution >= 4 is 11.7 Å². The minimum atomic E-state index is -0.238. The molecule has 1 N–H and O–H groups in total. The topological polar surface area (TPSA) is 71.0 Å². The summed E-state index contributed by atoms with van der Waals surface area (Å²) in [6.07, 6.45) is 6.25. The summed E-state index contributed by atoms with van der Waals surface area (Å²) in [5, 5.41) is 2.85. The molecule has 0 aliphatic heterocycles. The van der Waals surface area contributed by atoms with Gasteiger partial charge in [0.1, 0.15) is 11.5 Å². The summed E-state index contributed by atoms with van der Waals surface area (Å²) in [6.45, 7) is 6.33. The van der Waals surface area contributed by atoms with E-state index >= 15 is 0 Å². The second kappa shape index (κ2) is 7.33. The standard InChI is InChI=1S/C15H19N5O/c1-3-20(4-2)14-12(6-5-7-18-14)10-19-15(21)13-11-16-8-9-17-13/h5-9,11H,3-4,10H2,1-2H3,(H,19,21). The van der Waals surface area contributed by atoms with Crippen LogP contribution in [0.4, 0.5) is 5.82 Å². The highest BCUT2D eigenvalue weighted by atomic mass is 16.1. The van der Waals surface area contributed by atoms with Crippen molar-refractivity contribution < 1.29 is 4.79 Å². The van der Waals surface area contributed by atoms with Gasteiger partial charge in [-0.3, -0.25) is 9.78 Å². The molecule has 0 radical (unpaired) electrons. The van der Waals surface area contributed by atoms with E-state index in [1.165, 1.54) is 18.6 Å². The normalized spacial score (nSPS) is 10.2. The van der Waals surface area contributed by atoms with Gasteiger partial charge in [-0.05, 0) is 19.9 Å². The summed E-state index contributed by atoms with van der Waals surface area (Å²) in [7, 11) is 0. The molecule has 0 spiro atoms. The van der Waals surface area contributed by atoms with E-state index in [0.717, 1.165) is 24.5 Å². The lowest BCUT2D eigenvalue weighted by atomic mass is 10.2. The largest absolute Gasteiger partial charge is 0.357 e. The van der Waals surface area contributed by atoms with E-state index in [-0.39, 0.29) is 5.91 Å². The van der Waals surface area contributed by atoms with Crippen molar-refractivity contribution in [3.05, 3.63) is 48.2 Å². The van der Waals surface area contributed by atoms with Crippen molar-refractivity contribution in [2.24, 2.45) is 0 Å². The number of anilines is 1. The SMILES string of the molecule is CCN(CC)c1ncccc1CNC(=O)c1cnccn1. The summed E-state index contributed by atoms with van der Waals surface area (Å²) in [5.74, 6) is 0.666. The summed E-state index contributed by atoms with van der Waals surface area (Å²) in [6, 6.07) is 3.84. The van der Waals surface area contributed by atoms with Gasteiger partial charge in [-0.2, -0.15) is 0 Å². The minimum absolute atomic E-state index is 0.238. The van der Waals surface area contributed by atoms with Crippen molar-refractivity contribution in [1.82, 2.24) is 20.3 Å². The zero-order valence-corrected chi connectivity index (χ0v) is 12.3. The predicted molar refractivity (Wildman–Crippen MR) is 81.0 cm³/mol. The molecule has 0 atom stereocenters. The summed E-state index contributed by atoms with van der Waals surface area (Å²) >= 11 is 0. The van der Waals surface area contributed by atoms with Gasteiger partial charge in [0.15, 0.2) is 0 Å². The quantitative estimate of drug-likeness (QED) is 0.873. The van der Waals surface area contributed by atoms with Crippen LogP contribution >= 0.6 is 0 Å². The highest BCUT2D eigenvalue weighted by Crippen LogP contribution is 2.16. The van der Waals surface area contributed by atoms with Gasteiger partial charge in [-0.1, -0.05) is 6.07 Å². The number of nitrogens with zero attached hydrogens (tertiary/aromatic N) is 4. The van der Waals surface area contributed by atoms with Gasteiger partial charge in [-0.15, -0.1) is 0 Å². The number of carbonyl (C=O) groups is 1. The van der Waals surface area contributed by atoms with E-state index in [4.69, 9.17) is 0 Å². The summed E-state index contributed by atoms with van der Waals surface area (Å²) in [5.41, 5.74) is 1.30. The van der Waals surface area contributed by atoms with Crippen LogP contribution < -0.4 is 10.2 Å². The number of carbonyl (C=O) groups excluding carboxylic acids is 1. The number of amides is 1. The Morgan fingerprint density at radius 3 is 2.67 bits per heavy atom. The van der Waals surface area contributed by atoms with Gasteiger partial charge >= 0.3 is 0 Å². The van der Waals surface area contributed by atoms with Crippen molar-refractivity contribution in [3.63, 3.8) is 0 Å². The highest BCUT2D eigenvalue weighted by Gasteiger charge is 2.11. The average Bonchev–Trinajstić information content (AvgIpc) is 2.55. The van der Waals surface area contributed by atoms with Crippen LogP contribution in [0.3, 0.4) is 0 Å². The zero-order valence-electron chi connectivity index (χ0n) is 12.3. The van der Waals surface area contributed by atoms with E-state index < -0.39 is 0 Å². The first-order valence-corrected chi connectivity index (χ1v) is 6.99. The Morgan fingerprint density at radius 2 is 2.00 bits per heavy atom. The molecule has 0 bridgehead atoms. The van der Waals surface area contributed by atoms with Crippen LogP contribution in [0, 0.1) is 0 Å². The lowest BCUT2D eigenvalue weighted by molar-refractivity contribution is 0.0945. The van der Waals surface area contributed by atoms with Crippen LogP contribution in [-0.2, 0) is 6.54 Å². The van der Waals surface area contributed by atoms with Gasteiger partial charge in [0, 0.05) is 43.8 Å². The van der Waals surface area contributed by atoms with Crippen LogP contribution in [0.1, 0.15) is 29.9 Å². The van der Waals surface area contributed by atoms with E-state index in [1.807, 2.05) is 12.1 Å². The van der Waals surface area contributed by atoms with E-state index in [9.17, 15) is 4.79 Å². The molecule has 2 aromatic rings. The highest BCUT2D eigenvalue weighted by molar-refractivity contribution is 5.91. The number of nitrogens with one attached hydrogen (secondary N) is 1. The molecule has 1 amide bonds. The fraction of sp³-hybridized carbons (Fsp3) is 0.333. The van der Waals surface area contributed by atoms with E-state index in [2.05, 4.69) is 39.0 Å². The van der Waals surface area contributed by atoms with Crippen molar-refractivity contribution in [2.45, 2.75) is 20.4 Å². The second-order valence-corrected chi connectivity index (χ2v) is 4.43. The maximum absolute atomic E-state index is 12.0. The fourth-order valence-corrected chi connectivity index (χ4v) is 2.06. The van der Waals surface area contributed by atoms with Crippen molar-refractivity contribution in [3.8, 4) is 0 Å². The molecule has 21 heavy (non-hydrogen) atoms. The monoisotopic (exact) mass is 285 g/mol. The molecule has 0 saturated heterocycles. The molecule has 2 aromatic heterocycles. The molecule has 2 rings (SSSR count). The number of hydrogen-bond acceptors (Lipinski definition) is 5. The Hall–Kier alpha value is -2.50. The molecule has 6 heteroatoms. The molecular formula is C15H19N5O. The van der Waals surface area contributed by atoms with Crippen molar-refractivity contribution in [2.75, 3.05) is 18.0 Å². The Bertz CT molecular complexity index is 584. The first-order valence-electron chi connectivity index (χ1n) is 6.99. The Morgan fingerprint density at radius 1 is 1.19 bits per heavy atom. The van der Waals surface area contributed by atoms with Gasteiger partial charge < -0.3 is 10.2 Å². The molecule has 2 heterocycles. The first kappa shape index (κ1) is 14.9. The molecule has 0 fully saturated rings. The lowest BCUT2D eigenvalue weighted by Crippen LogP contribution is -2.28. The van der Waals surface area contributed by atoms with Gasteiger partial charge in [0.2, 0.25) is 0 Å². The van der Waals surface area contributed by atoms with E-state index in [0.29, 0.717) is 12.2 Å². The molecule has 110 valence electrons. The maximum Gasteiger partial charge on any atom is 0.271 e. The fourth-order valence-electron chi connectivity index (χ4n) is 2.06. The smallest absolute Gasteiger partial charge is 0.271 e. The zero-order chi connectivity index (χ0) is 15.1. The van der Waals surface area contributed by atoms with Crippen LogP contribution in [-0.4, -0.2) is 33.9 Å². The lowest BCUT2D eigenvalue weighted by Gasteiger charge is -2.22. The van der Waals surface area contributed by atoms with Gasteiger partial charge in [0.25, 0.3) is 5.91 Å². The average molecular weight is 285 g/mol. The number of hydrogen-bond donors (Lipinski definition) is 1. The van der Waals surface area contributed by atoms with Crippen LogP contribution in [0.2, 0.25) is 0 Å².